The third-order valence-corrected chi connectivity index (χ3v) is 3.86. The minimum absolute atomic E-state index is 0.0782. The van der Waals surface area contributed by atoms with Gasteiger partial charge in [-0.15, -0.1) is 0 Å². The minimum Gasteiger partial charge on any atom is -0.387 e. The highest BCUT2D eigenvalue weighted by Gasteiger charge is 2.20. The Morgan fingerprint density at radius 1 is 1.24 bits per heavy atom. The maximum atomic E-state index is 11.4. The number of aliphatic hydroxyl groups is 1. The van der Waals surface area contributed by atoms with Gasteiger partial charge in [0.05, 0.1) is 0 Å². The molecule has 0 aromatic carbocycles. The molecule has 2 heterocycles. The van der Waals surface area contributed by atoms with Gasteiger partial charge in [0.25, 0.3) is 0 Å². The van der Waals surface area contributed by atoms with Crippen LogP contribution in [-0.2, 0) is 16.8 Å². The van der Waals surface area contributed by atoms with Crippen molar-refractivity contribution in [2.45, 2.75) is 32.7 Å². The number of piperazine rings is 1. The molecular weight excluding hydrogens is 266 g/mol. The summed E-state index contributed by atoms with van der Waals surface area (Å²) in [5, 5.41) is 8.87. The van der Waals surface area contributed by atoms with Crippen LogP contribution in [0.3, 0.4) is 0 Å². The maximum absolute atomic E-state index is 11.4. The molecule has 1 aromatic rings. The van der Waals surface area contributed by atoms with Gasteiger partial charge < -0.3 is 10.0 Å². The van der Waals surface area contributed by atoms with Gasteiger partial charge in [-0.25, -0.2) is 0 Å². The fourth-order valence-corrected chi connectivity index (χ4v) is 2.48. The highest BCUT2D eigenvalue weighted by Crippen LogP contribution is 2.20. The summed E-state index contributed by atoms with van der Waals surface area (Å²) in [6, 6.07) is 4.24. The Hall–Kier alpha value is -1.46. The van der Waals surface area contributed by atoms with Gasteiger partial charge in [-0.05, 0) is 11.6 Å². The quantitative estimate of drug-likeness (QED) is 0.903. The third-order valence-electron chi connectivity index (χ3n) is 3.86. The molecule has 1 aliphatic rings. The number of nitrogens with zero attached hydrogens (tertiary/aromatic N) is 3. The highest BCUT2D eigenvalue weighted by molar-refractivity contribution is 5.77. The molecule has 5 nitrogen and oxygen atoms in total. The molecule has 5 heteroatoms. The van der Waals surface area contributed by atoms with E-state index in [-0.39, 0.29) is 11.3 Å². The number of hydrogen-bond donors (Lipinski definition) is 1. The normalized spacial score (nSPS) is 17.0. The molecule has 2 rings (SSSR count). The van der Waals surface area contributed by atoms with E-state index in [0.29, 0.717) is 13.1 Å². The molecule has 1 aromatic heterocycles. The Balaban J connectivity index is 1.88. The van der Waals surface area contributed by atoms with E-state index in [1.165, 1.54) is 5.56 Å². The summed E-state index contributed by atoms with van der Waals surface area (Å²) in [4.78, 5) is 20.0. The largest absolute Gasteiger partial charge is 0.387 e. The van der Waals surface area contributed by atoms with Gasteiger partial charge in [0, 0.05) is 50.0 Å². The average Bonchev–Trinajstić information content (AvgIpc) is 2.47. The third kappa shape index (κ3) is 4.25. The predicted molar refractivity (Wildman–Crippen MR) is 81.9 cm³/mol. The van der Waals surface area contributed by atoms with E-state index in [9.17, 15) is 4.79 Å². The van der Waals surface area contributed by atoms with Gasteiger partial charge in [0.1, 0.15) is 6.61 Å². The van der Waals surface area contributed by atoms with Crippen LogP contribution in [0.25, 0.3) is 0 Å². The maximum Gasteiger partial charge on any atom is 0.248 e. The number of aliphatic hydroxyl groups excluding tert-OH is 1. The first-order valence-corrected chi connectivity index (χ1v) is 7.46. The summed E-state index contributed by atoms with van der Waals surface area (Å²) < 4.78 is 0. The van der Waals surface area contributed by atoms with E-state index in [4.69, 9.17) is 5.11 Å². The lowest BCUT2D eigenvalue weighted by molar-refractivity contribution is -0.135. The highest BCUT2D eigenvalue weighted by atomic mass is 16.3. The van der Waals surface area contributed by atoms with Crippen LogP contribution < -0.4 is 0 Å². The van der Waals surface area contributed by atoms with Gasteiger partial charge in [-0.1, -0.05) is 26.8 Å². The number of carbonyl (C=O) groups excluding carboxylic acids is 1. The molecule has 116 valence electrons. The zero-order chi connectivity index (χ0) is 15.5. The average molecular weight is 291 g/mol. The lowest BCUT2D eigenvalue weighted by Gasteiger charge is -2.34. The molecule has 1 N–H and O–H groups in total. The topological polar surface area (TPSA) is 56.7 Å². The summed E-state index contributed by atoms with van der Waals surface area (Å²) in [5.74, 6) is -0.175. The molecule has 1 amide bonds. The predicted octanol–water partition coefficient (Wildman–Crippen LogP) is 1.02. The molecule has 1 aliphatic heterocycles. The second-order valence-corrected chi connectivity index (χ2v) is 6.62. The molecule has 0 bridgehead atoms. The standard InChI is InChI=1S/C16H25N3O2/c1-16(2,3)14-5-4-13(10-17-14)11-18-6-8-19(9-7-18)15(21)12-20/h4-5,10,20H,6-9,11-12H2,1-3H3. The SMILES string of the molecule is CC(C)(C)c1ccc(CN2CCN(C(=O)CO)CC2)cn1. The minimum atomic E-state index is -0.391. The number of carbonyl (C=O) groups is 1. The second kappa shape index (κ2) is 6.54. The first-order valence-electron chi connectivity index (χ1n) is 7.46. The van der Waals surface area contributed by atoms with E-state index in [2.05, 4.69) is 42.8 Å². The van der Waals surface area contributed by atoms with Gasteiger partial charge in [0.15, 0.2) is 0 Å². The van der Waals surface area contributed by atoms with Crippen molar-refractivity contribution in [3.05, 3.63) is 29.6 Å². The van der Waals surface area contributed by atoms with Crippen LogP contribution in [-0.4, -0.2) is 58.6 Å². The van der Waals surface area contributed by atoms with Crippen LogP contribution >= 0.6 is 0 Å². The summed E-state index contributed by atoms with van der Waals surface area (Å²) in [5.41, 5.74) is 2.38. The van der Waals surface area contributed by atoms with Gasteiger partial charge >= 0.3 is 0 Å². The van der Waals surface area contributed by atoms with Crippen molar-refractivity contribution >= 4 is 5.91 Å². The van der Waals surface area contributed by atoms with Crippen LogP contribution in [0.4, 0.5) is 0 Å². The first kappa shape index (κ1) is 15.9. The number of hydrogen-bond acceptors (Lipinski definition) is 4. The molecule has 0 spiro atoms. The van der Waals surface area contributed by atoms with E-state index >= 15 is 0 Å². The zero-order valence-electron chi connectivity index (χ0n) is 13.2. The smallest absolute Gasteiger partial charge is 0.248 e. The van der Waals surface area contributed by atoms with Crippen molar-refractivity contribution in [1.82, 2.24) is 14.8 Å². The molecule has 0 atom stereocenters. The summed E-state index contributed by atoms with van der Waals surface area (Å²) in [6.45, 7) is 10.0. The van der Waals surface area contributed by atoms with Crippen LogP contribution in [0.15, 0.2) is 18.3 Å². The summed E-state index contributed by atoms with van der Waals surface area (Å²) in [6.07, 6.45) is 1.95. The fraction of sp³-hybridized carbons (Fsp3) is 0.625. The molecule has 1 saturated heterocycles. The van der Waals surface area contributed by atoms with Crippen molar-refractivity contribution in [2.24, 2.45) is 0 Å². The van der Waals surface area contributed by atoms with E-state index in [1.54, 1.807) is 4.90 Å². The number of pyridine rings is 1. The van der Waals surface area contributed by atoms with Crippen molar-refractivity contribution in [3.63, 3.8) is 0 Å². The van der Waals surface area contributed by atoms with Gasteiger partial charge in [-0.2, -0.15) is 0 Å². The van der Waals surface area contributed by atoms with Crippen molar-refractivity contribution < 1.29 is 9.90 Å². The van der Waals surface area contributed by atoms with Crippen molar-refractivity contribution in [3.8, 4) is 0 Å². The Morgan fingerprint density at radius 2 is 1.90 bits per heavy atom. The Morgan fingerprint density at radius 3 is 2.38 bits per heavy atom. The van der Waals surface area contributed by atoms with Crippen LogP contribution in [0.2, 0.25) is 0 Å². The molecule has 0 radical (unpaired) electrons. The van der Waals surface area contributed by atoms with Crippen LogP contribution in [0.5, 0.6) is 0 Å². The Kier molecular flexibility index (Phi) is 4.96. The monoisotopic (exact) mass is 291 g/mol. The molecule has 0 unspecified atom stereocenters. The summed E-state index contributed by atoms with van der Waals surface area (Å²) in [7, 11) is 0. The van der Waals surface area contributed by atoms with Gasteiger partial charge in [0.2, 0.25) is 5.91 Å². The fourth-order valence-electron chi connectivity index (χ4n) is 2.48. The number of amides is 1. The Labute approximate surface area is 126 Å². The molecular formula is C16H25N3O2. The molecule has 0 saturated carbocycles. The van der Waals surface area contributed by atoms with Gasteiger partial charge in [-0.3, -0.25) is 14.7 Å². The molecule has 21 heavy (non-hydrogen) atoms. The first-order chi connectivity index (χ1) is 9.90. The van der Waals surface area contributed by atoms with E-state index in [1.807, 2.05) is 6.20 Å². The Bertz CT molecular complexity index is 471. The number of aromatic nitrogens is 1. The van der Waals surface area contributed by atoms with Crippen molar-refractivity contribution in [1.29, 1.82) is 0 Å². The molecule has 1 fully saturated rings. The zero-order valence-corrected chi connectivity index (χ0v) is 13.2. The molecule has 0 aliphatic carbocycles. The summed E-state index contributed by atoms with van der Waals surface area (Å²) >= 11 is 0. The van der Waals surface area contributed by atoms with Crippen LogP contribution in [0.1, 0.15) is 32.0 Å². The van der Waals surface area contributed by atoms with Crippen LogP contribution in [0, 0.1) is 0 Å². The lowest BCUT2D eigenvalue weighted by atomic mass is 9.91. The number of rotatable bonds is 3. The van der Waals surface area contributed by atoms with E-state index in [0.717, 1.165) is 25.3 Å². The second-order valence-electron chi connectivity index (χ2n) is 6.62. The lowest BCUT2D eigenvalue weighted by Crippen LogP contribution is -2.49. The van der Waals surface area contributed by atoms with Crippen molar-refractivity contribution in [2.75, 3.05) is 32.8 Å². The van der Waals surface area contributed by atoms with E-state index < -0.39 is 6.61 Å².